The molecular formula is C15H15N3O. The summed E-state index contributed by atoms with van der Waals surface area (Å²) in [4.78, 5) is 16.2. The van der Waals surface area contributed by atoms with Crippen LogP contribution in [-0.4, -0.2) is 10.8 Å². The van der Waals surface area contributed by atoms with Crippen molar-refractivity contribution in [3.8, 4) is 0 Å². The van der Waals surface area contributed by atoms with E-state index >= 15 is 0 Å². The molecular weight excluding hydrogens is 238 g/mol. The van der Waals surface area contributed by atoms with Gasteiger partial charge in [0.05, 0.1) is 0 Å². The zero-order chi connectivity index (χ0) is 13.2. The minimum absolute atomic E-state index is 0.111. The first-order valence-electron chi connectivity index (χ1n) is 6.28. The molecule has 0 spiro atoms. The Kier molecular flexibility index (Phi) is 3.01. The second kappa shape index (κ2) is 4.82. The number of rotatable bonds is 3. The lowest BCUT2D eigenvalue weighted by atomic mass is 10.00. The molecule has 3 rings (SSSR count). The summed E-state index contributed by atoms with van der Waals surface area (Å²) in [5.41, 5.74) is 9.78. The summed E-state index contributed by atoms with van der Waals surface area (Å²) >= 11 is 0. The van der Waals surface area contributed by atoms with Gasteiger partial charge in [-0.05, 0) is 34.9 Å². The van der Waals surface area contributed by atoms with Crippen molar-refractivity contribution in [1.29, 1.82) is 0 Å². The number of anilines is 1. The molecule has 1 aliphatic heterocycles. The average molecular weight is 253 g/mol. The molecule has 0 saturated heterocycles. The zero-order valence-corrected chi connectivity index (χ0v) is 10.5. The van der Waals surface area contributed by atoms with Crippen molar-refractivity contribution in [2.24, 2.45) is 0 Å². The van der Waals surface area contributed by atoms with Crippen LogP contribution in [0.1, 0.15) is 27.0 Å². The smallest absolute Gasteiger partial charge is 0.167 e. The fraction of sp³-hybridized carbons (Fsp3) is 0.200. The topological polar surface area (TPSA) is 68.0 Å². The minimum atomic E-state index is 0.111. The Hall–Kier alpha value is -2.20. The fourth-order valence-corrected chi connectivity index (χ4v) is 2.36. The van der Waals surface area contributed by atoms with E-state index in [0.717, 1.165) is 24.2 Å². The van der Waals surface area contributed by atoms with Crippen molar-refractivity contribution in [2.75, 3.05) is 5.73 Å². The van der Waals surface area contributed by atoms with Crippen LogP contribution >= 0.6 is 0 Å². The number of carbonyl (C=O) groups excluding carboxylic acids is 1. The largest absolute Gasteiger partial charge is 0.384 e. The molecule has 0 radical (unpaired) electrons. The standard InChI is InChI=1S/C15H15N3O/c16-15-6-10(3-4-18-15)5-14(19)11-1-2-12-8-17-9-13(12)7-11/h1-4,6-7,17H,5,8-9H2,(H2,16,18). The van der Waals surface area contributed by atoms with Crippen LogP contribution in [0.25, 0.3) is 0 Å². The molecule has 96 valence electrons. The Morgan fingerprint density at radius 3 is 2.89 bits per heavy atom. The van der Waals surface area contributed by atoms with Gasteiger partial charge in [0.1, 0.15) is 5.82 Å². The van der Waals surface area contributed by atoms with Crippen molar-refractivity contribution in [1.82, 2.24) is 10.3 Å². The highest BCUT2D eigenvalue weighted by Gasteiger charge is 2.13. The summed E-state index contributed by atoms with van der Waals surface area (Å²) in [6.45, 7) is 1.74. The van der Waals surface area contributed by atoms with Crippen LogP contribution in [0.4, 0.5) is 5.82 Å². The Morgan fingerprint density at radius 2 is 2.05 bits per heavy atom. The lowest BCUT2D eigenvalue weighted by Crippen LogP contribution is -2.05. The van der Waals surface area contributed by atoms with Gasteiger partial charge in [-0.1, -0.05) is 12.1 Å². The Morgan fingerprint density at radius 1 is 1.21 bits per heavy atom. The van der Waals surface area contributed by atoms with Gasteiger partial charge in [-0.15, -0.1) is 0 Å². The van der Waals surface area contributed by atoms with Crippen LogP contribution in [-0.2, 0) is 19.5 Å². The van der Waals surface area contributed by atoms with Gasteiger partial charge in [0.25, 0.3) is 0 Å². The number of benzene rings is 1. The third-order valence-electron chi connectivity index (χ3n) is 3.37. The molecule has 0 fully saturated rings. The van der Waals surface area contributed by atoms with Crippen LogP contribution in [0, 0.1) is 0 Å². The van der Waals surface area contributed by atoms with Gasteiger partial charge in [-0.2, -0.15) is 0 Å². The summed E-state index contributed by atoms with van der Waals surface area (Å²) in [5, 5.41) is 3.27. The molecule has 4 nitrogen and oxygen atoms in total. The molecule has 2 aromatic rings. The predicted octanol–water partition coefficient (Wildman–Crippen LogP) is 1.69. The average Bonchev–Trinajstić information content (AvgIpc) is 2.85. The second-order valence-corrected chi connectivity index (χ2v) is 4.78. The number of nitrogens with one attached hydrogen (secondary N) is 1. The highest BCUT2D eigenvalue weighted by Crippen LogP contribution is 2.18. The molecule has 0 unspecified atom stereocenters. The number of fused-ring (bicyclic) bond motifs is 1. The Labute approximate surface area is 111 Å². The normalized spacial score (nSPS) is 13.3. The van der Waals surface area contributed by atoms with E-state index in [1.807, 2.05) is 24.3 Å². The Balaban J connectivity index is 1.81. The summed E-state index contributed by atoms with van der Waals surface area (Å²) in [7, 11) is 0. The fourth-order valence-electron chi connectivity index (χ4n) is 2.36. The third-order valence-corrected chi connectivity index (χ3v) is 3.37. The van der Waals surface area contributed by atoms with Gasteiger partial charge < -0.3 is 11.1 Å². The van der Waals surface area contributed by atoms with Crippen LogP contribution < -0.4 is 11.1 Å². The number of Topliss-reactive ketones (excluding diaryl/α,β-unsaturated/α-hetero) is 1. The maximum atomic E-state index is 12.2. The number of carbonyl (C=O) groups is 1. The number of pyridine rings is 1. The molecule has 0 atom stereocenters. The van der Waals surface area contributed by atoms with Crippen LogP contribution in [0.5, 0.6) is 0 Å². The highest BCUT2D eigenvalue weighted by molar-refractivity contribution is 5.97. The molecule has 2 heterocycles. The van der Waals surface area contributed by atoms with E-state index < -0.39 is 0 Å². The molecule has 0 aliphatic carbocycles. The maximum Gasteiger partial charge on any atom is 0.167 e. The lowest BCUT2D eigenvalue weighted by molar-refractivity contribution is 0.0993. The van der Waals surface area contributed by atoms with Gasteiger partial charge in [0, 0.05) is 31.3 Å². The molecule has 1 aromatic carbocycles. The number of nitrogens with zero attached hydrogens (tertiary/aromatic N) is 1. The summed E-state index contributed by atoms with van der Waals surface area (Å²) in [6, 6.07) is 9.49. The van der Waals surface area contributed by atoms with E-state index in [4.69, 9.17) is 5.73 Å². The van der Waals surface area contributed by atoms with E-state index in [-0.39, 0.29) is 5.78 Å². The second-order valence-electron chi connectivity index (χ2n) is 4.78. The summed E-state index contributed by atoms with van der Waals surface area (Å²) in [5.74, 6) is 0.559. The van der Waals surface area contributed by atoms with Crippen molar-refractivity contribution >= 4 is 11.6 Å². The van der Waals surface area contributed by atoms with E-state index in [0.29, 0.717) is 12.2 Å². The number of nitrogens with two attached hydrogens (primary N) is 1. The van der Waals surface area contributed by atoms with E-state index in [9.17, 15) is 4.79 Å². The molecule has 0 bridgehead atoms. The first-order chi connectivity index (χ1) is 9.22. The van der Waals surface area contributed by atoms with Crippen molar-refractivity contribution in [3.63, 3.8) is 0 Å². The van der Waals surface area contributed by atoms with Crippen molar-refractivity contribution in [3.05, 3.63) is 58.8 Å². The van der Waals surface area contributed by atoms with Gasteiger partial charge in [0.2, 0.25) is 0 Å². The molecule has 1 aromatic heterocycles. The molecule has 1 aliphatic rings. The monoisotopic (exact) mass is 253 g/mol. The van der Waals surface area contributed by atoms with Crippen molar-refractivity contribution in [2.45, 2.75) is 19.5 Å². The van der Waals surface area contributed by atoms with Gasteiger partial charge in [-0.25, -0.2) is 4.98 Å². The number of hydrogen-bond acceptors (Lipinski definition) is 4. The van der Waals surface area contributed by atoms with E-state index in [2.05, 4.69) is 10.3 Å². The predicted molar refractivity (Wildman–Crippen MR) is 73.7 cm³/mol. The van der Waals surface area contributed by atoms with E-state index in [1.54, 1.807) is 12.3 Å². The maximum absolute atomic E-state index is 12.2. The summed E-state index contributed by atoms with van der Waals surface area (Å²) in [6.07, 6.45) is 1.99. The zero-order valence-electron chi connectivity index (χ0n) is 10.5. The van der Waals surface area contributed by atoms with Crippen LogP contribution in [0.3, 0.4) is 0 Å². The number of nitrogen functional groups attached to an aromatic ring is 1. The molecule has 0 amide bonds. The molecule has 3 N–H and O–H groups in total. The van der Waals surface area contributed by atoms with Gasteiger partial charge in [-0.3, -0.25) is 4.79 Å². The molecule has 0 saturated carbocycles. The SMILES string of the molecule is Nc1cc(CC(=O)c2ccc3c(c2)CNC3)ccn1. The number of hydrogen-bond donors (Lipinski definition) is 2. The highest BCUT2D eigenvalue weighted by atomic mass is 16.1. The first-order valence-corrected chi connectivity index (χ1v) is 6.28. The molecule has 19 heavy (non-hydrogen) atoms. The summed E-state index contributed by atoms with van der Waals surface area (Å²) < 4.78 is 0. The molecule has 4 heteroatoms. The van der Waals surface area contributed by atoms with Gasteiger partial charge >= 0.3 is 0 Å². The van der Waals surface area contributed by atoms with Gasteiger partial charge in [0.15, 0.2) is 5.78 Å². The first kappa shape index (κ1) is 11.9. The van der Waals surface area contributed by atoms with E-state index in [1.165, 1.54) is 11.1 Å². The lowest BCUT2D eigenvalue weighted by Gasteiger charge is -2.04. The Bertz CT molecular complexity index is 637. The third kappa shape index (κ3) is 2.48. The minimum Gasteiger partial charge on any atom is -0.384 e. The van der Waals surface area contributed by atoms with Crippen LogP contribution in [0.2, 0.25) is 0 Å². The van der Waals surface area contributed by atoms with Crippen molar-refractivity contribution < 1.29 is 4.79 Å². The quantitative estimate of drug-likeness (QED) is 0.817. The number of ketones is 1. The van der Waals surface area contributed by atoms with Crippen LogP contribution in [0.15, 0.2) is 36.5 Å². The number of aromatic nitrogens is 1.